The Balaban J connectivity index is 0.000000232. The number of allylic oxidation sites excluding steroid dienone is 3. The van der Waals surface area contributed by atoms with Crippen molar-refractivity contribution in [1.29, 1.82) is 0 Å². The fraction of sp³-hybridized carbons (Fsp3) is 0.289. The molecule has 0 spiro atoms. The molecule has 0 saturated carbocycles. The van der Waals surface area contributed by atoms with Gasteiger partial charge in [0.2, 0.25) is 0 Å². The predicted octanol–water partition coefficient (Wildman–Crippen LogP) is 19.4. The molecular formula is C97H120IO6PSi6. The number of carbonyl (C=O) groups excluding carboxylic acids is 3. The van der Waals surface area contributed by atoms with Crippen LogP contribution in [0.5, 0.6) is 0 Å². The van der Waals surface area contributed by atoms with Crippen LogP contribution in [0.25, 0.3) is 0 Å². The molecule has 0 heterocycles. The van der Waals surface area contributed by atoms with Crippen molar-refractivity contribution in [2.45, 2.75) is 174 Å². The second-order valence-corrected chi connectivity index (χ2v) is 67.1. The van der Waals surface area contributed by atoms with Gasteiger partial charge in [0.15, 0.2) is 0 Å². The van der Waals surface area contributed by atoms with E-state index in [9.17, 15) is 14.4 Å². The quantitative estimate of drug-likeness (QED) is 0.0114. The summed E-state index contributed by atoms with van der Waals surface area (Å²) in [7, 11) is -12.4. The number of benzene rings is 9. The molecule has 0 radical (unpaired) electrons. The van der Waals surface area contributed by atoms with Gasteiger partial charge in [0, 0.05) is 19.3 Å². The van der Waals surface area contributed by atoms with Crippen LogP contribution < -0.4 is 47.0 Å². The fourth-order valence-electron chi connectivity index (χ4n) is 13.9. The summed E-state index contributed by atoms with van der Waals surface area (Å²) >= 11 is 2.25. The number of rotatable bonds is 24. The van der Waals surface area contributed by atoms with Gasteiger partial charge >= 0.3 is 131 Å². The monoisotopic (exact) mass is 1710 g/mol. The Morgan fingerprint density at radius 1 is 0.333 bits per heavy atom. The van der Waals surface area contributed by atoms with Crippen LogP contribution in [0.15, 0.2) is 307 Å². The van der Waals surface area contributed by atoms with Gasteiger partial charge in [-0.05, 0) is 56.4 Å². The molecule has 0 saturated heterocycles. The molecule has 0 bridgehead atoms. The zero-order valence-corrected chi connectivity index (χ0v) is 78.4. The zero-order chi connectivity index (χ0) is 81.5. The number of hydrogen-bond acceptors (Lipinski definition) is 6. The average molecular weight is 1710 g/mol. The molecule has 6 nitrogen and oxygen atoms in total. The van der Waals surface area contributed by atoms with E-state index in [1.54, 1.807) is 6.08 Å². The molecule has 9 aromatic rings. The van der Waals surface area contributed by atoms with Crippen LogP contribution in [0.3, 0.4) is 0 Å². The maximum absolute atomic E-state index is 12.6. The molecule has 111 heavy (non-hydrogen) atoms. The van der Waals surface area contributed by atoms with Crippen LogP contribution in [0.2, 0.25) is 74.0 Å². The van der Waals surface area contributed by atoms with Crippen LogP contribution in [-0.2, 0) is 27.7 Å². The van der Waals surface area contributed by atoms with Crippen molar-refractivity contribution in [2.24, 2.45) is 0 Å². The van der Waals surface area contributed by atoms with E-state index in [2.05, 4.69) is 391 Å². The summed E-state index contributed by atoms with van der Waals surface area (Å²) in [5.74, 6) is 10.0. The standard InChI is InChI=1S/C27H35IOSi2.C26H34O2Si2.C24H32O2Si2.C20H19OP/c1-27(2,3)31(25-18-9-7-10-19-25,26-20-11-8-12-21-26)29-24(16-13-14-22-28)17-15-23-30(4,5)6;1-26(2,3)30(24-17-9-7-10-18-24,25-19-11-8-12-20-25)28-23(15-13-21-27)16-14-22-29(4,5)6;1-24(2,3)28(22-15-9-7-10-16-22,23-17-11-8-12-18-23)26-21(20-25)14-13-19-27(4,5)6;1-22(17-21,18-11-5-2-6-12-18,19-13-7-3-8-14-19)20-15-9-4-10-16-20/h7-14,16,18-22,24H,17H2,1-6H3;7-13,15,17-21,23H,16H2,1-6H3;7-12,15-18,20-21H,14H2,1-6H3;2-17H,1H3/b16-13+,22-14+;15-13+;;/t24-;23-;21-;/m001./s1. The van der Waals surface area contributed by atoms with Gasteiger partial charge in [0.25, 0.3) is 25.0 Å². The van der Waals surface area contributed by atoms with Crippen LogP contribution >= 0.6 is 29.2 Å². The van der Waals surface area contributed by atoms with Crippen molar-refractivity contribution < 1.29 is 27.7 Å². The van der Waals surface area contributed by atoms with Crippen molar-refractivity contribution in [3.05, 3.63) is 307 Å². The van der Waals surface area contributed by atoms with Gasteiger partial charge in [-0.2, -0.15) is 0 Å². The first-order valence-corrected chi connectivity index (χ1v) is 58.7. The molecule has 14 heteroatoms. The molecule has 0 unspecified atom stereocenters. The van der Waals surface area contributed by atoms with E-state index < -0.39 is 61.9 Å². The molecule has 9 aromatic carbocycles. The molecule has 0 N–H and O–H groups in total. The van der Waals surface area contributed by atoms with Gasteiger partial charge in [-0.25, -0.2) is 0 Å². The first-order valence-electron chi connectivity index (χ1n) is 38.5. The van der Waals surface area contributed by atoms with E-state index >= 15 is 0 Å². The van der Waals surface area contributed by atoms with Crippen LogP contribution in [0, 0.1) is 34.4 Å². The maximum atomic E-state index is 12.6. The molecule has 580 valence electrons. The van der Waals surface area contributed by atoms with Gasteiger partial charge in [0.05, 0.1) is 12.2 Å². The van der Waals surface area contributed by atoms with E-state index in [1.807, 2.05) is 95.1 Å². The number of aldehydes is 2. The third kappa shape index (κ3) is 25.1. The van der Waals surface area contributed by atoms with Crippen LogP contribution in [-0.4, -0.2) is 92.8 Å². The van der Waals surface area contributed by atoms with E-state index in [0.717, 1.165) is 28.5 Å². The first kappa shape index (κ1) is 92.1. The van der Waals surface area contributed by atoms with Crippen molar-refractivity contribution in [1.82, 2.24) is 0 Å². The normalized spacial score (nSPS) is 13.5. The first-order chi connectivity index (χ1) is 52.5. The molecule has 0 aliphatic rings. The Labute approximate surface area is 688 Å². The third-order valence-corrected chi connectivity index (χ3v) is 42.9. The van der Waals surface area contributed by atoms with E-state index in [-0.39, 0.29) is 27.3 Å². The Hall–Kier alpha value is -7.77. The van der Waals surface area contributed by atoms with Crippen molar-refractivity contribution in [3.63, 3.8) is 0 Å². The van der Waals surface area contributed by atoms with Gasteiger partial charge < -0.3 is 18.1 Å². The second-order valence-electron chi connectivity index (χ2n) is 34.4. The average Bonchev–Trinajstić information content (AvgIpc) is 0.712. The van der Waals surface area contributed by atoms with Crippen molar-refractivity contribution in [3.8, 4) is 34.4 Å². The Kier molecular flexibility index (Phi) is 34.7. The minimum atomic E-state index is -3.08. The topological polar surface area (TPSA) is 78.9 Å². The van der Waals surface area contributed by atoms with Gasteiger partial charge in [-0.3, -0.25) is 4.79 Å². The molecule has 0 aliphatic heterocycles. The molecule has 9 rings (SSSR count). The van der Waals surface area contributed by atoms with Crippen LogP contribution in [0.1, 0.15) is 81.6 Å². The summed E-state index contributed by atoms with van der Waals surface area (Å²) in [4.78, 5) is 35.7. The molecule has 3 atom stereocenters. The van der Waals surface area contributed by atoms with Gasteiger partial charge in [-0.1, -0.05) is 350 Å². The summed E-state index contributed by atoms with van der Waals surface area (Å²) in [6.45, 7) is 39.6. The number of halogens is 1. The predicted molar refractivity (Wildman–Crippen MR) is 506 cm³/mol. The number of carbonyl (C=O) groups is 3. The molecule has 0 fully saturated rings. The van der Waals surface area contributed by atoms with Gasteiger partial charge in [-0.15, -0.1) is 34.4 Å². The number of hydrogen-bond donors (Lipinski definition) is 0. The molecule has 0 aromatic heterocycles. The summed E-state index contributed by atoms with van der Waals surface area (Å²) in [6, 6.07) is 95.2. The second kappa shape index (κ2) is 41.8. The molecular weight excluding hydrogens is 1590 g/mol. The third-order valence-electron chi connectivity index (χ3n) is 19.1. The molecule has 0 amide bonds. The Morgan fingerprint density at radius 2 is 0.550 bits per heavy atom. The van der Waals surface area contributed by atoms with Crippen molar-refractivity contribution >= 4 is 144 Å². The van der Waals surface area contributed by atoms with E-state index in [1.165, 1.54) is 37.1 Å². The SMILES string of the molecule is CC(C)(C)[Si](O[C@@H](/C=C/C=C/I)CC#C[Si](C)(C)C)(c1ccccc1)c1ccccc1.CC(C)(C)[Si](O[C@@H](/C=C/C=O)CC#C[Si](C)(C)C)(c1ccccc1)c1ccccc1.CC(C)(C)[Si](O[C@@H](C=O)CC#C[Si](C)(C)C)(c1ccccc1)c1ccccc1.CP(C=O)(c1ccccc1)(c1ccccc1)c1ccccc1. The van der Waals surface area contributed by atoms with E-state index in [0.29, 0.717) is 19.3 Å². The van der Waals surface area contributed by atoms with E-state index in [4.69, 9.17) is 13.3 Å². The van der Waals surface area contributed by atoms with Crippen molar-refractivity contribution in [2.75, 3.05) is 6.66 Å². The van der Waals surface area contributed by atoms with Gasteiger partial charge in [0.1, 0.15) is 42.9 Å². The minimum absolute atomic E-state index is 0.0485. The summed E-state index contributed by atoms with van der Waals surface area (Å²) in [5, 5.41) is 10.4. The van der Waals surface area contributed by atoms with Crippen LogP contribution in [0.4, 0.5) is 0 Å². The summed E-state index contributed by atoms with van der Waals surface area (Å²) in [6.07, 6.45) is 12.4. The molecule has 0 aliphatic carbocycles. The summed E-state index contributed by atoms with van der Waals surface area (Å²) in [5.41, 5.74) is 10.3. The fourth-order valence-corrected chi connectivity index (χ4v) is 34.0. The summed E-state index contributed by atoms with van der Waals surface area (Å²) < 4.78 is 23.2. The Morgan fingerprint density at radius 3 is 0.748 bits per heavy atom. The Bertz CT molecular complexity index is 4390. The zero-order valence-electron chi connectivity index (χ0n) is 69.3.